The summed E-state index contributed by atoms with van der Waals surface area (Å²) in [4.78, 5) is 30.3. The number of amides is 2. The molecule has 8 heterocycles. The summed E-state index contributed by atoms with van der Waals surface area (Å²) in [6.45, 7) is 21.7. The number of rotatable bonds is 20. The number of carbonyl (C=O) groups is 2. The topological polar surface area (TPSA) is 122 Å². The number of quaternary nitrogens is 2. The molecular formula is C54H74Br2N4O10. The van der Waals surface area contributed by atoms with Crippen molar-refractivity contribution in [2.45, 2.75) is 77.7 Å². The van der Waals surface area contributed by atoms with Crippen molar-refractivity contribution in [2.24, 2.45) is 11.8 Å². The van der Waals surface area contributed by atoms with Crippen LogP contribution in [0.1, 0.15) is 59.9 Å². The molecule has 0 radical (unpaired) electrons. The zero-order valence-corrected chi connectivity index (χ0v) is 45.2. The van der Waals surface area contributed by atoms with Gasteiger partial charge in [0.05, 0.1) is 80.8 Å². The summed E-state index contributed by atoms with van der Waals surface area (Å²) in [6.07, 6.45) is 9.12. The van der Waals surface area contributed by atoms with Gasteiger partial charge in [0.15, 0.2) is 35.2 Å². The van der Waals surface area contributed by atoms with Gasteiger partial charge in [0, 0.05) is 50.6 Å². The van der Waals surface area contributed by atoms with Crippen LogP contribution in [-0.4, -0.2) is 137 Å². The fourth-order valence-corrected chi connectivity index (χ4v) is 10.8. The Morgan fingerprint density at radius 3 is 1.27 bits per heavy atom. The molecule has 70 heavy (non-hydrogen) atoms. The first-order chi connectivity index (χ1) is 32.9. The standard InChI is InChI=1S/2C27H37N2O5.2BrH/c2*1-5-14-29-15-11-22(12-16-29)26(19-29)34-27(30)28(18-23-8-6-20(2)33-23)13-10-21-7-9-24(31-3)25(17-21)32-4;;/h2*5-9,17,22,26H,1,10-16,18-19H2,2-4H3;2*1H/q2*+1;;/p-2/t2*22?,26-,29?;;/m00../s1. The van der Waals surface area contributed by atoms with E-state index in [-0.39, 0.29) is 58.4 Å². The number of hydrogen-bond acceptors (Lipinski definition) is 10. The lowest BCUT2D eigenvalue weighted by Gasteiger charge is -2.51. The van der Waals surface area contributed by atoms with Gasteiger partial charge < -0.3 is 90.0 Å². The highest BCUT2D eigenvalue weighted by molar-refractivity contribution is 5.68. The van der Waals surface area contributed by atoms with E-state index >= 15 is 0 Å². The van der Waals surface area contributed by atoms with Gasteiger partial charge in [0.2, 0.25) is 0 Å². The average Bonchev–Trinajstić information content (AvgIpc) is 3.97. The van der Waals surface area contributed by atoms with E-state index in [1.807, 2.05) is 86.7 Å². The van der Waals surface area contributed by atoms with Crippen molar-refractivity contribution in [1.82, 2.24) is 9.80 Å². The van der Waals surface area contributed by atoms with Gasteiger partial charge in [-0.05, 0) is 98.5 Å². The van der Waals surface area contributed by atoms with E-state index in [9.17, 15) is 9.59 Å². The molecular weight excluding hydrogens is 1020 g/mol. The maximum atomic E-state index is 13.4. The van der Waals surface area contributed by atoms with Gasteiger partial charge in [0.1, 0.15) is 36.1 Å². The van der Waals surface area contributed by atoms with Crippen LogP contribution in [0.5, 0.6) is 23.0 Å². The number of fused-ring (bicyclic) bond motifs is 6. The van der Waals surface area contributed by atoms with Gasteiger partial charge in [-0.2, -0.15) is 0 Å². The molecule has 6 aliphatic heterocycles. The summed E-state index contributed by atoms with van der Waals surface area (Å²) in [7, 11) is 6.49. The molecule has 2 aromatic carbocycles. The second-order valence-electron chi connectivity index (χ2n) is 19.2. The molecule has 14 nitrogen and oxygen atoms in total. The molecule has 4 bridgehead atoms. The van der Waals surface area contributed by atoms with Crippen molar-refractivity contribution in [3.05, 3.63) is 120 Å². The molecule has 0 N–H and O–H groups in total. The number of aryl methyl sites for hydroxylation is 2. The zero-order valence-electron chi connectivity index (χ0n) is 42.0. The van der Waals surface area contributed by atoms with E-state index in [0.717, 1.165) is 121 Å². The molecule has 2 atom stereocenters. The van der Waals surface area contributed by atoms with Crippen LogP contribution in [0, 0.1) is 25.7 Å². The molecule has 0 aliphatic carbocycles. The van der Waals surface area contributed by atoms with Gasteiger partial charge in [0.25, 0.3) is 0 Å². The highest BCUT2D eigenvalue weighted by Gasteiger charge is 2.48. The number of methoxy groups -OCH3 is 4. The largest absolute Gasteiger partial charge is 1.00 e. The molecule has 0 unspecified atom stereocenters. The Labute approximate surface area is 436 Å². The van der Waals surface area contributed by atoms with Crippen LogP contribution in [-0.2, 0) is 35.4 Å². The summed E-state index contributed by atoms with van der Waals surface area (Å²) < 4.78 is 47.4. The Morgan fingerprint density at radius 2 is 0.957 bits per heavy atom. The van der Waals surface area contributed by atoms with Gasteiger partial charge in [-0.15, -0.1) is 0 Å². The quantitative estimate of drug-likeness (QED) is 0.0965. The molecule has 2 aromatic heterocycles. The van der Waals surface area contributed by atoms with E-state index in [0.29, 0.717) is 73.9 Å². The number of furan rings is 2. The monoisotopic (exact) mass is 1100 g/mol. The van der Waals surface area contributed by atoms with Crippen molar-refractivity contribution in [3.8, 4) is 23.0 Å². The van der Waals surface area contributed by atoms with Gasteiger partial charge in [-0.25, -0.2) is 9.59 Å². The molecule has 6 fully saturated rings. The van der Waals surface area contributed by atoms with Crippen LogP contribution in [0.3, 0.4) is 0 Å². The number of ether oxygens (including phenoxy) is 6. The summed E-state index contributed by atoms with van der Waals surface area (Å²) in [5.41, 5.74) is 2.12. The molecule has 0 spiro atoms. The number of piperidine rings is 6. The SMILES string of the molecule is C=CC[N+]12CCC(CC1)[C@@H](OC(=O)N(CCc1ccc(OC)c(OC)c1)Cc1ccc(C)o1)C2.C=CC[N+]12CCC(CC1)[C@@H](OC(=O)N(CCc1ccc(OC)c(OC)c1)Cc1ccc(C)o1)C2.[Br-].[Br-]. The van der Waals surface area contributed by atoms with Crippen molar-refractivity contribution >= 4 is 12.2 Å². The van der Waals surface area contributed by atoms with Crippen LogP contribution in [0.25, 0.3) is 0 Å². The highest BCUT2D eigenvalue weighted by atomic mass is 79.9. The molecule has 6 aliphatic rings. The summed E-state index contributed by atoms with van der Waals surface area (Å²) in [5, 5.41) is 0. The van der Waals surface area contributed by atoms with Crippen LogP contribution < -0.4 is 52.9 Å². The third-order valence-electron chi connectivity index (χ3n) is 14.7. The predicted molar refractivity (Wildman–Crippen MR) is 260 cm³/mol. The fraction of sp³-hybridized carbons (Fsp3) is 0.519. The number of nitrogens with zero attached hydrogens (tertiary/aromatic N) is 4. The van der Waals surface area contributed by atoms with Crippen molar-refractivity contribution in [1.29, 1.82) is 0 Å². The first-order valence-electron chi connectivity index (χ1n) is 24.3. The van der Waals surface area contributed by atoms with E-state index < -0.39 is 0 Å². The van der Waals surface area contributed by atoms with Crippen molar-refractivity contribution in [3.63, 3.8) is 0 Å². The lowest BCUT2D eigenvalue weighted by atomic mass is 9.83. The Balaban J connectivity index is 0.000000254. The van der Waals surface area contributed by atoms with Crippen LogP contribution in [0.4, 0.5) is 9.59 Å². The summed E-state index contributed by atoms with van der Waals surface area (Å²) in [5.74, 6) is 6.81. The molecule has 4 aromatic rings. The second kappa shape index (κ2) is 26.0. The Hall–Kier alpha value is -4.90. The lowest BCUT2D eigenvalue weighted by Crippen LogP contribution is -3.00. The first kappa shape index (κ1) is 56.0. The van der Waals surface area contributed by atoms with Gasteiger partial charge in [-0.3, -0.25) is 0 Å². The minimum atomic E-state index is -0.273. The van der Waals surface area contributed by atoms with E-state index in [1.54, 1.807) is 38.2 Å². The van der Waals surface area contributed by atoms with Crippen LogP contribution in [0.15, 0.2) is 94.8 Å². The van der Waals surface area contributed by atoms with Crippen LogP contribution >= 0.6 is 0 Å². The van der Waals surface area contributed by atoms with E-state index in [4.69, 9.17) is 37.3 Å². The first-order valence-corrected chi connectivity index (χ1v) is 24.3. The van der Waals surface area contributed by atoms with Crippen molar-refractivity contribution < 1.29 is 89.8 Å². The number of benzene rings is 2. The average molecular weight is 1100 g/mol. The second-order valence-corrected chi connectivity index (χ2v) is 19.2. The Kier molecular flexibility index (Phi) is 20.8. The number of hydrogen-bond donors (Lipinski definition) is 0. The number of carbonyl (C=O) groups excluding carboxylic acids is 2. The highest BCUT2D eigenvalue weighted by Crippen LogP contribution is 2.38. The number of halogens is 2. The van der Waals surface area contributed by atoms with Crippen molar-refractivity contribution in [2.75, 3.05) is 93.9 Å². The normalized spacial score (nSPS) is 22.7. The Bertz CT molecular complexity index is 2160. The third-order valence-corrected chi connectivity index (χ3v) is 14.7. The zero-order chi connectivity index (χ0) is 48.3. The minimum absolute atomic E-state index is 0. The third kappa shape index (κ3) is 14.2. The smallest absolute Gasteiger partial charge is 0.410 e. The predicted octanol–water partition coefficient (Wildman–Crippen LogP) is 3.17. The summed E-state index contributed by atoms with van der Waals surface area (Å²) >= 11 is 0. The minimum Gasteiger partial charge on any atom is -1.00 e. The molecule has 0 saturated carbocycles. The molecule has 6 saturated heterocycles. The fourth-order valence-electron chi connectivity index (χ4n) is 10.8. The van der Waals surface area contributed by atoms with Gasteiger partial charge in [-0.1, -0.05) is 25.3 Å². The van der Waals surface area contributed by atoms with E-state index in [1.165, 1.54) is 0 Å². The maximum Gasteiger partial charge on any atom is 0.410 e. The summed E-state index contributed by atoms with van der Waals surface area (Å²) in [6, 6.07) is 19.4. The van der Waals surface area contributed by atoms with Gasteiger partial charge >= 0.3 is 12.2 Å². The van der Waals surface area contributed by atoms with Crippen LogP contribution in [0.2, 0.25) is 0 Å². The maximum absolute atomic E-state index is 13.4. The molecule has 384 valence electrons. The molecule has 10 rings (SSSR count). The molecule has 2 amide bonds. The molecule has 16 heteroatoms. The van der Waals surface area contributed by atoms with E-state index in [2.05, 4.69) is 13.2 Å². The lowest BCUT2D eigenvalue weighted by molar-refractivity contribution is -0.941. The Morgan fingerprint density at radius 1 is 0.586 bits per heavy atom.